The highest BCUT2D eigenvalue weighted by Crippen LogP contribution is 2.38. The third-order valence-electron chi connectivity index (χ3n) is 4.95. The second-order valence-corrected chi connectivity index (χ2v) is 7.21. The van der Waals surface area contributed by atoms with Crippen molar-refractivity contribution in [2.24, 2.45) is 0 Å². The molecule has 2 aromatic carbocycles. The number of nitrogens with zero attached hydrogens (tertiary/aromatic N) is 3. The summed E-state index contributed by atoms with van der Waals surface area (Å²) in [5.41, 5.74) is 3.41. The van der Waals surface area contributed by atoms with Crippen LogP contribution in [0.3, 0.4) is 0 Å². The van der Waals surface area contributed by atoms with Gasteiger partial charge in [-0.25, -0.2) is 4.85 Å². The van der Waals surface area contributed by atoms with E-state index in [0.717, 1.165) is 16.7 Å². The molecule has 1 aromatic heterocycles. The van der Waals surface area contributed by atoms with Crippen LogP contribution in [-0.2, 0) is 6.42 Å². The van der Waals surface area contributed by atoms with Crippen LogP contribution < -0.4 is 10.1 Å². The summed E-state index contributed by atoms with van der Waals surface area (Å²) in [6, 6.07) is 10.2. The predicted molar refractivity (Wildman–Crippen MR) is 117 cm³/mol. The van der Waals surface area contributed by atoms with Crippen LogP contribution in [0.1, 0.15) is 57.6 Å². The summed E-state index contributed by atoms with van der Waals surface area (Å²) in [6.45, 7) is 9.66. The Morgan fingerprint density at radius 2 is 2.27 bits per heavy atom. The molecule has 1 aliphatic rings. The first-order valence-electron chi connectivity index (χ1n) is 12.2. The van der Waals surface area contributed by atoms with Crippen molar-refractivity contribution in [3.63, 3.8) is 0 Å². The van der Waals surface area contributed by atoms with Gasteiger partial charge >= 0.3 is 0 Å². The number of ether oxygens (including phenoxy) is 1. The third kappa shape index (κ3) is 3.94. The molecule has 4 rings (SSSR count). The van der Waals surface area contributed by atoms with Crippen molar-refractivity contribution in [2.75, 3.05) is 6.50 Å². The number of hydrogen-bond donors (Lipinski definition) is 1. The van der Waals surface area contributed by atoms with Crippen LogP contribution >= 0.6 is 0 Å². The molecule has 0 amide bonds. The third-order valence-corrected chi connectivity index (χ3v) is 4.95. The number of aromatic nitrogens is 2. The van der Waals surface area contributed by atoms with Gasteiger partial charge in [0.15, 0.2) is 0 Å². The van der Waals surface area contributed by atoms with E-state index in [0.29, 0.717) is 30.0 Å². The molecule has 154 valence electrons. The minimum absolute atomic E-state index is 0.238. The fourth-order valence-corrected chi connectivity index (χ4v) is 3.67. The van der Waals surface area contributed by atoms with Crippen molar-refractivity contribution < 1.29 is 16.1 Å². The molecule has 1 aliphatic carbocycles. The number of fused-ring (bicyclic) bond motifs is 1. The molecule has 0 unspecified atom stereocenters. The molecular weight excluding hydrogens is 376 g/mol. The molecule has 0 fully saturated rings. The number of benzene rings is 2. The fraction of sp³-hybridized carbons (Fsp3) is 0.375. The van der Waals surface area contributed by atoms with Crippen molar-refractivity contribution in [3.05, 3.63) is 58.9 Å². The van der Waals surface area contributed by atoms with E-state index in [2.05, 4.69) is 20.3 Å². The van der Waals surface area contributed by atoms with E-state index in [9.17, 15) is 0 Å². The quantitative estimate of drug-likeness (QED) is 0.507. The maximum absolute atomic E-state index is 8.10. The van der Waals surface area contributed by atoms with Gasteiger partial charge in [0.05, 0.1) is 14.0 Å². The lowest BCUT2D eigenvalue weighted by Crippen LogP contribution is -2.19. The molecule has 1 N–H and O–H groups in total. The zero-order valence-electron chi connectivity index (χ0n) is 22.1. The normalized spacial score (nSPS) is 19.0. The first kappa shape index (κ1) is 14.8. The second-order valence-electron chi connectivity index (χ2n) is 7.21. The van der Waals surface area contributed by atoms with Gasteiger partial charge in [-0.05, 0) is 68.9 Å². The van der Waals surface area contributed by atoms with Crippen LogP contribution in [0, 0.1) is 6.57 Å². The van der Waals surface area contributed by atoms with Gasteiger partial charge in [0.1, 0.15) is 5.75 Å². The summed E-state index contributed by atoms with van der Waals surface area (Å²) in [6.07, 6.45) is -1.95. The molecular formula is C24H26N4O2. The first-order chi connectivity index (χ1) is 16.3. The Morgan fingerprint density at radius 1 is 1.40 bits per heavy atom. The Balaban J connectivity index is 1.62. The molecule has 6 heteroatoms. The van der Waals surface area contributed by atoms with Gasteiger partial charge in [0.2, 0.25) is 11.5 Å². The molecule has 0 saturated heterocycles. The Hall–Kier alpha value is -3.17. The Labute approximate surface area is 184 Å². The molecule has 3 aromatic rings. The van der Waals surface area contributed by atoms with Crippen molar-refractivity contribution >= 4 is 5.69 Å². The Kier molecular flexibility index (Phi) is 4.27. The van der Waals surface area contributed by atoms with Crippen molar-refractivity contribution in [2.45, 2.75) is 52.1 Å². The van der Waals surface area contributed by atoms with Crippen LogP contribution in [0.5, 0.6) is 5.75 Å². The molecule has 0 saturated carbocycles. The summed E-state index contributed by atoms with van der Waals surface area (Å²) in [4.78, 5) is 8.03. The SMILES string of the molecule is [2H]C(C)(C)Oc1ccc(-c2nc(-c3cccc4c3CC[C@@H]4NC([2H])([2H])C([2H])([2H])C)no2)cc1[N+]#[C-]. The van der Waals surface area contributed by atoms with E-state index in [1.165, 1.54) is 6.92 Å². The van der Waals surface area contributed by atoms with Gasteiger partial charge in [-0.2, -0.15) is 4.98 Å². The van der Waals surface area contributed by atoms with E-state index in [1.807, 2.05) is 18.2 Å². The average Bonchev–Trinajstić information content (AvgIpc) is 3.40. The van der Waals surface area contributed by atoms with Crippen LogP contribution in [0.25, 0.3) is 27.7 Å². The van der Waals surface area contributed by atoms with Crippen LogP contribution in [0.15, 0.2) is 40.9 Å². The van der Waals surface area contributed by atoms with Gasteiger partial charge in [-0.15, -0.1) is 0 Å². The summed E-state index contributed by atoms with van der Waals surface area (Å²) >= 11 is 0. The average molecular weight is 408 g/mol. The van der Waals surface area contributed by atoms with E-state index >= 15 is 0 Å². The Bertz CT molecular complexity index is 1290. The highest BCUT2D eigenvalue weighted by Gasteiger charge is 2.26. The molecule has 0 radical (unpaired) electrons. The lowest BCUT2D eigenvalue weighted by molar-refractivity contribution is 0.244. The predicted octanol–water partition coefficient (Wildman–Crippen LogP) is 5.73. The van der Waals surface area contributed by atoms with Crippen LogP contribution in [0.4, 0.5) is 5.69 Å². The summed E-state index contributed by atoms with van der Waals surface area (Å²) in [5, 5.41) is 6.97. The van der Waals surface area contributed by atoms with Gasteiger partial charge in [-0.1, -0.05) is 30.3 Å². The van der Waals surface area contributed by atoms with Crippen molar-refractivity contribution in [1.29, 1.82) is 0 Å². The van der Waals surface area contributed by atoms with Crippen molar-refractivity contribution in [3.8, 4) is 28.6 Å². The number of hydrogen-bond acceptors (Lipinski definition) is 5. The lowest BCUT2D eigenvalue weighted by atomic mass is 10.0. The monoisotopic (exact) mass is 407 g/mol. The van der Waals surface area contributed by atoms with Crippen LogP contribution in [-0.4, -0.2) is 22.7 Å². The summed E-state index contributed by atoms with van der Waals surface area (Å²) in [7, 11) is 0. The Morgan fingerprint density at radius 3 is 3.03 bits per heavy atom. The summed E-state index contributed by atoms with van der Waals surface area (Å²) in [5.74, 6) is 0.921. The minimum Gasteiger partial charge on any atom is -0.502 e. The standard InChI is InChI=1S/C24H26N4O2/c1-5-13-26-20-11-10-17-18(20)7-6-8-19(17)23-27-24(30-28-23)16-9-12-22(29-15(2)3)21(14-16)25-4/h6-9,12,14-15,20,26H,5,10-11,13H2,1-3H3/t20-/m0/s1/i5D2,13D2,15D. The highest BCUT2D eigenvalue weighted by atomic mass is 16.5. The molecule has 1 atom stereocenters. The van der Waals surface area contributed by atoms with E-state index in [-0.39, 0.29) is 17.6 Å². The minimum atomic E-state index is -2.19. The maximum atomic E-state index is 8.10. The molecule has 0 spiro atoms. The number of rotatable bonds is 7. The molecule has 0 bridgehead atoms. The molecule has 30 heavy (non-hydrogen) atoms. The molecule has 0 aliphatic heterocycles. The molecule has 1 heterocycles. The van der Waals surface area contributed by atoms with Gasteiger partial charge < -0.3 is 14.6 Å². The topological polar surface area (TPSA) is 64.5 Å². The molecule has 6 nitrogen and oxygen atoms in total. The highest BCUT2D eigenvalue weighted by molar-refractivity contribution is 5.70. The smallest absolute Gasteiger partial charge is 0.256 e. The van der Waals surface area contributed by atoms with Crippen LogP contribution in [0.2, 0.25) is 0 Å². The van der Waals surface area contributed by atoms with Gasteiger partial charge in [0.25, 0.3) is 5.89 Å². The largest absolute Gasteiger partial charge is 0.502 e. The van der Waals surface area contributed by atoms with E-state index < -0.39 is 18.9 Å². The van der Waals surface area contributed by atoms with E-state index in [1.54, 1.807) is 32.0 Å². The second kappa shape index (κ2) is 8.68. The zero-order chi connectivity index (χ0) is 25.6. The van der Waals surface area contributed by atoms with E-state index in [4.69, 9.17) is 22.7 Å². The lowest BCUT2D eigenvalue weighted by Gasteiger charge is -2.13. The van der Waals surface area contributed by atoms with Gasteiger partial charge in [0, 0.05) is 22.7 Å². The van der Waals surface area contributed by atoms with Gasteiger partial charge in [-0.3, -0.25) is 0 Å². The maximum Gasteiger partial charge on any atom is 0.256 e. The first-order valence-corrected chi connectivity index (χ1v) is 9.73. The summed E-state index contributed by atoms with van der Waals surface area (Å²) < 4.78 is 50.7. The fourth-order valence-electron chi connectivity index (χ4n) is 3.67. The zero-order valence-corrected chi connectivity index (χ0v) is 17.1. The number of nitrogens with one attached hydrogen (secondary N) is 1. The van der Waals surface area contributed by atoms with Crippen molar-refractivity contribution in [1.82, 2.24) is 15.5 Å².